The number of benzene rings is 1. The summed E-state index contributed by atoms with van der Waals surface area (Å²) in [6, 6.07) is 10.1. The standard InChI is InChI=1S/C17H18N2O3/c20-17-12(10-18-13-3-4-13)1-5-14(19-17)11-2-6-15-16(9-11)22-8-7-21-15/h1-2,5-6,9,13,18H,3-4,7-8,10H2,(H,19,20). The molecular formula is C17H18N2O3. The monoisotopic (exact) mass is 298 g/mol. The first-order valence-corrected chi connectivity index (χ1v) is 7.65. The Morgan fingerprint density at radius 3 is 2.68 bits per heavy atom. The van der Waals surface area contributed by atoms with Gasteiger partial charge in [-0.05, 0) is 37.1 Å². The van der Waals surface area contributed by atoms with Crippen LogP contribution in [0.2, 0.25) is 0 Å². The van der Waals surface area contributed by atoms with Gasteiger partial charge in [-0.3, -0.25) is 4.79 Å². The lowest BCUT2D eigenvalue weighted by Gasteiger charge is -2.18. The molecule has 114 valence electrons. The van der Waals surface area contributed by atoms with E-state index in [2.05, 4.69) is 10.3 Å². The van der Waals surface area contributed by atoms with Gasteiger partial charge in [-0.1, -0.05) is 6.07 Å². The summed E-state index contributed by atoms with van der Waals surface area (Å²) in [6.45, 7) is 1.76. The molecule has 0 atom stereocenters. The lowest BCUT2D eigenvalue weighted by molar-refractivity contribution is 0.171. The van der Waals surface area contributed by atoms with Gasteiger partial charge in [-0.15, -0.1) is 0 Å². The molecule has 4 rings (SSSR count). The van der Waals surface area contributed by atoms with Crippen LogP contribution in [0.1, 0.15) is 18.4 Å². The summed E-state index contributed by atoms with van der Waals surface area (Å²) in [7, 11) is 0. The number of fused-ring (bicyclic) bond motifs is 1. The van der Waals surface area contributed by atoms with Crippen LogP contribution in [-0.4, -0.2) is 24.2 Å². The lowest BCUT2D eigenvalue weighted by Crippen LogP contribution is -2.22. The average molecular weight is 298 g/mol. The van der Waals surface area contributed by atoms with Crippen LogP contribution < -0.4 is 20.3 Å². The molecule has 5 heteroatoms. The summed E-state index contributed by atoms with van der Waals surface area (Å²) in [5.74, 6) is 1.48. The number of pyridine rings is 1. The van der Waals surface area contributed by atoms with Crippen LogP contribution in [-0.2, 0) is 6.54 Å². The summed E-state index contributed by atoms with van der Waals surface area (Å²) < 4.78 is 11.1. The maximum absolute atomic E-state index is 12.2. The number of nitrogens with one attached hydrogen (secondary N) is 2. The summed E-state index contributed by atoms with van der Waals surface area (Å²) in [5.41, 5.74) is 2.44. The van der Waals surface area contributed by atoms with Crippen molar-refractivity contribution in [2.45, 2.75) is 25.4 Å². The predicted octanol–water partition coefficient (Wildman–Crippen LogP) is 2.07. The van der Waals surface area contributed by atoms with Gasteiger partial charge in [0, 0.05) is 29.4 Å². The van der Waals surface area contributed by atoms with E-state index in [1.165, 1.54) is 12.8 Å². The molecule has 5 nitrogen and oxygen atoms in total. The molecule has 22 heavy (non-hydrogen) atoms. The smallest absolute Gasteiger partial charge is 0.252 e. The molecule has 0 saturated heterocycles. The van der Waals surface area contributed by atoms with Crippen molar-refractivity contribution < 1.29 is 9.47 Å². The molecular weight excluding hydrogens is 280 g/mol. The molecule has 0 spiro atoms. The van der Waals surface area contributed by atoms with E-state index >= 15 is 0 Å². The fourth-order valence-corrected chi connectivity index (χ4v) is 2.56. The normalized spacial score (nSPS) is 16.5. The van der Waals surface area contributed by atoms with E-state index in [-0.39, 0.29) is 5.56 Å². The minimum absolute atomic E-state index is 0.0412. The summed E-state index contributed by atoms with van der Waals surface area (Å²) in [6.07, 6.45) is 2.43. The van der Waals surface area contributed by atoms with E-state index in [0.717, 1.165) is 28.3 Å². The fraction of sp³-hybridized carbons (Fsp3) is 0.353. The molecule has 0 amide bonds. The number of hydrogen-bond donors (Lipinski definition) is 2. The van der Waals surface area contributed by atoms with Gasteiger partial charge < -0.3 is 19.8 Å². The first-order valence-electron chi connectivity index (χ1n) is 7.65. The fourth-order valence-electron chi connectivity index (χ4n) is 2.56. The molecule has 2 aliphatic rings. The molecule has 0 radical (unpaired) electrons. The van der Waals surface area contributed by atoms with Crippen molar-refractivity contribution in [1.82, 2.24) is 10.3 Å². The Hall–Kier alpha value is -2.27. The van der Waals surface area contributed by atoms with Gasteiger partial charge in [-0.25, -0.2) is 0 Å². The highest BCUT2D eigenvalue weighted by Crippen LogP contribution is 2.33. The number of hydrogen-bond acceptors (Lipinski definition) is 4. The van der Waals surface area contributed by atoms with Gasteiger partial charge in [-0.2, -0.15) is 0 Å². The van der Waals surface area contributed by atoms with Crippen molar-refractivity contribution in [3.8, 4) is 22.8 Å². The maximum Gasteiger partial charge on any atom is 0.252 e. The first kappa shape index (κ1) is 13.4. The topological polar surface area (TPSA) is 63.4 Å². The van der Waals surface area contributed by atoms with Crippen molar-refractivity contribution in [2.24, 2.45) is 0 Å². The van der Waals surface area contributed by atoms with E-state index in [9.17, 15) is 4.79 Å². The second-order valence-corrected chi connectivity index (χ2v) is 5.74. The van der Waals surface area contributed by atoms with Crippen LogP contribution in [0.25, 0.3) is 11.3 Å². The van der Waals surface area contributed by atoms with Crippen LogP contribution >= 0.6 is 0 Å². The molecule has 2 aromatic rings. The SMILES string of the molecule is O=c1[nH]c(-c2ccc3c(c2)OCCO3)ccc1CNC1CC1. The number of aromatic amines is 1. The van der Waals surface area contributed by atoms with Gasteiger partial charge in [0.1, 0.15) is 13.2 Å². The Bertz CT molecular complexity index is 750. The van der Waals surface area contributed by atoms with Gasteiger partial charge in [0.25, 0.3) is 5.56 Å². The number of H-pyrrole nitrogens is 1. The van der Waals surface area contributed by atoms with E-state index in [1.807, 2.05) is 30.3 Å². The van der Waals surface area contributed by atoms with Gasteiger partial charge in [0.05, 0.1) is 0 Å². The highest BCUT2D eigenvalue weighted by atomic mass is 16.6. The van der Waals surface area contributed by atoms with Crippen molar-refractivity contribution in [2.75, 3.05) is 13.2 Å². The third-order valence-corrected chi connectivity index (χ3v) is 4.00. The zero-order valence-electron chi connectivity index (χ0n) is 12.2. The molecule has 1 aliphatic carbocycles. The maximum atomic E-state index is 12.2. The molecule has 1 aromatic carbocycles. The van der Waals surface area contributed by atoms with Crippen LogP contribution in [0, 0.1) is 0 Å². The van der Waals surface area contributed by atoms with Gasteiger partial charge in [0.15, 0.2) is 11.5 Å². The lowest BCUT2D eigenvalue weighted by atomic mass is 10.1. The van der Waals surface area contributed by atoms with Crippen molar-refractivity contribution in [3.05, 3.63) is 46.2 Å². The van der Waals surface area contributed by atoms with E-state index in [0.29, 0.717) is 25.8 Å². The van der Waals surface area contributed by atoms with E-state index < -0.39 is 0 Å². The third-order valence-electron chi connectivity index (χ3n) is 4.00. The Kier molecular flexibility index (Phi) is 3.35. The highest BCUT2D eigenvalue weighted by molar-refractivity contribution is 5.64. The minimum atomic E-state index is -0.0412. The second-order valence-electron chi connectivity index (χ2n) is 5.74. The Labute approximate surface area is 128 Å². The van der Waals surface area contributed by atoms with Crippen LogP contribution in [0.4, 0.5) is 0 Å². The Morgan fingerprint density at radius 1 is 1.09 bits per heavy atom. The number of ether oxygens (including phenoxy) is 2. The zero-order valence-corrected chi connectivity index (χ0v) is 12.2. The largest absolute Gasteiger partial charge is 0.486 e. The van der Waals surface area contributed by atoms with E-state index in [4.69, 9.17) is 9.47 Å². The summed E-state index contributed by atoms with van der Waals surface area (Å²) in [4.78, 5) is 15.1. The second kappa shape index (κ2) is 5.50. The van der Waals surface area contributed by atoms with Gasteiger partial charge in [0.2, 0.25) is 0 Å². The molecule has 2 heterocycles. The molecule has 1 fully saturated rings. The van der Waals surface area contributed by atoms with Crippen LogP contribution in [0.5, 0.6) is 11.5 Å². The third kappa shape index (κ3) is 2.72. The molecule has 1 aromatic heterocycles. The number of aromatic nitrogens is 1. The zero-order chi connectivity index (χ0) is 14.9. The minimum Gasteiger partial charge on any atom is -0.486 e. The Morgan fingerprint density at radius 2 is 1.91 bits per heavy atom. The molecule has 0 unspecified atom stereocenters. The quantitative estimate of drug-likeness (QED) is 0.907. The average Bonchev–Trinajstić information content (AvgIpc) is 3.37. The molecule has 2 N–H and O–H groups in total. The first-order chi connectivity index (χ1) is 10.8. The van der Waals surface area contributed by atoms with Crippen molar-refractivity contribution in [1.29, 1.82) is 0 Å². The highest BCUT2D eigenvalue weighted by Gasteiger charge is 2.20. The summed E-state index contributed by atoms with van der Waals surface area (Å²) in [5, 5.41) is 3.36. The van der Waals surface area contributed by atoms with Crippen LogP contribution in [0.15, 0.2) is 35.1 Å². The predicted molar refractivity (Wildman–Crippen MR) is 83.4 cm³/mol. The number of rotatable bonds is 4. The van der Waals surface area contributed by atoms with E-state index in [1.54, 1.807) is 0 Å². The molecule has 1 saturated carbocycles. The Balaban J connectivity index is 1.59. The molecule has 0 bridgehead atoms. The van der Waals surface area contributed by atoms with Gasteiger partial charge >= 0.3 is 0 Å². The van der Waals surface area contributed by atoms with Crippen LogP contribution in [0.3, 0.4) is 0 Å². The molecule has 1 aliphatic heterocycles. The van der Waals surface area contributed by atoms with Crippen molar-refractivity contribution >= 4 is 0 Å². The van der Waals surface area contributed by atoms with Crippen molar-refractivity contribution in [3.63, 3.8) is 0 Å². The summed E-state index contributed by atoms with van der Waals surface area (Å²) >= 11 is 0.